The standard InChI is InChI=1S/C20H20ClN3OS2/c1-14-18(27-19(22-14)16-6-11-26-13-16)20(25)24-9-7-23(8-10-24)12-15-2-4-17(21)5-3-15/h2-6,11,13H,7-10,12H2,1H3. The second kappa shape index (κ2) is 8.10. The number of carbonyl (C=O) groups is 1. The average molecular weight is 418 g/mol. The molecule has 140 valence electrons. The fraction of sp³-hybridized carbons (Fsp3) is 0.300. The number of aromatic nitrogens is 1. The predicted molar refractivity (Wildman–Crippen MR) is 113 cm³/mol. The minimum absolute atomic E-state index is 0.109. The molecule has 0 unspecified atom stereocenters. The first-order valence-electron chi connectivity index (χ1n) is 8.86. The van der Waals surface area contributed by atoms with Crippen LogP contribution in [0.3, 0.4) is 0 Å². The van der Waals surface area contributed by atoms with Gasteiger partial charge in [0, 0.05) is 48.7 Å². The molecule has 0 saturated carbocycles. The van der Waals surface area contributed by atoms with Crippen LogP contribution in [0.25, 0.3) is 10.6 Å². The summed E-state index contributed by atoms with van der Waals surface area (Å²) in [5.41, 5.74) is 3.17. The number of thiazole rings is 1. The third-order valence-corrected chi connectivity index (χ3v) is 6.87. The van der Waals surface area contributed by atoms with Gasteiger partial charge in [0.25, 0.3) is 5.91 Å². The summed E-state index contributed by atoms with van der Waals surface area (Å²) in [5, 5.41) is 5.80. The normalized spacial score (nSPS) is 15.3. The number of hydrogen-bond acceptors (Lipinski definition) is 5. The quantitative estimate of drug-likeness (QED) is 0.612. The van der Waals surface area contributed by atoms with Gasteiger partial charge in [-0.3, -0.25) is 9.69 Å². The second-order valence-corrected chi connectivity index (χ2v) is 8.86. The molecule has 27 heavy (non-hydrogen) atoms. The van der Waals surface area contributed by atoms with E-state index in [1.54, 1.807) is 11.3 Å². The fourth-order valence-electron chi connectivity index (χ4n) is 3.21. The summed E-state index contributed by atoms with van der Waals surface area (Å²) in [4.78, 5) is 22.7. The van der Waals surface area contributed by atoms with Crippen LogP contribution < -0.4 is 0 Å². The molecular formula is C20H20ClN3OS2. The number of aryl methyl sites for hydroxylation is 1. The number of carbonyl (C=O) groups excluding carboxylic acids is 1. The minimum atomic E-state index is 0.109. The molecule has 1 amide bonds. The number of nitrogens with zero attached hydrogens (tertiary/aromatic N) is 3. The van der Waals surface area contributed by atoms with Gasteiger partial charge in [-0.05, 0) is 36.1 Å². The highest BCUT2D eigenvalue weighted by Crippen LogP contribution is 2.30. The van der Waals surface area contributed by atoms with E-state index in [2.05, 4.69) is 27.4 Å². The molecule has 0 aliphatic carbocycles. The molecule has 4 rings (SSSR count). The maximum Gasteiger partial charge on any atom is 0.265 e. The van der Waals surface area contributed by atoms with Gasteiger partial charge >= 0.3 is 0 Å². The van der Waals surface area contributed by atoms with Gasteiger partial charge in [0.2, 0.25) is 0 Å². The number of hydrogen-bond donors (Lipinski definition) is 0. The van der Waals surface area contributed by atoms with Crippen LogP contribution in [0, 0.1) is 6.92 Å². The smallest absolute Gasteiger partial charge is 0.265 e. The highest BCUT2D eigenvalue weighted by atomic mass is 35.5. The van der Waals surface area contributed by atoms with Crippen molar-refractivity contribution in [3.8, 4) is 10.6 Å². The molecule has 3 aromatic rings. The van der Waals surface area contributed by atoms with E-state index in [4.69, 9.17) is 11.6 Å². The number of rotatable bonds is 4. The molecule has 1 saturated heterocycles. The van der Waals surface area contributed by atoms with Crippen molar-refractivity contribution in [3.63, 3.8) is 0 Å². The number of benzene rings is 1. The van der Waals surface area contributed by atoms with Gasteiger partial charge in [0.15, 0.2) is 0 Å². The molecule has 2 aromatic heterocycles. The summed E-state index contributed by atoms with van der Waals surface area (Å²) in [6, 6.07) is 10.0. The lowest BCUT2D eigenvalue weighted by molar-refractivity contribution is 0.0632. The Morgan fingerprint density at radius 1 is 1.15 bits per heavy atom. The molecule has 0 N–H and O–H groups in total. The van der Waals surface area contributed by atoms with E-state index in [0.717, 1.165) is 58.9 Å². The number of piperazine rings is 1. The minimum Gasteiger partial charge on any atom is -0.335 e. The van der Waals surface area contributed by atoms with E-state index in [1.165, 1.54) is 16.9 Å². The number of halogens is 1. The monoisotopic (exact) mass is 417 g/mol. The highest BCUT2D eigenvalue weighted by molar-refractivity contribution is 7.17. The zero-order valence-electron chi connectivity index (χ0n) is 15.0. The van der Waals surface area contributed by atoms with E-state index >= 15 is 0 Å². The van der Waals surface area contributed by atoms with Gasteiger partial charge in [-0.2, -0.15) is 11.3 Å². The number of amides is 1. The molecule has 1 aromatic carbocycles. The van der Waals surface area contributed by atoms with Crippen LogP contribution in [0.15, 0.2) is 41.1 Å². The molecule has 7 heteroatoms. The maximum atomic E-state index is 13.0. The van der Waals surface area contributed by atoms with E-state index in [-0.39, 0.29) is 5.91 Å². The topological polar surface area (TPSA) is 36.4 Å². The van der Waals surface area contributed by atoms with Gasteiger partial charge in [-0.25, -0.2) is 4.98 Å². The molecule has 0 atom stereocenters. The molecule has 1 aliphatic rings. The molecule has 0 bridgehead atoms. The largest absolute Gasteiger partial charge is 0.335 e. The highest BCUT2D eigenvalue weighted by Gasteiger charge is 2.25. The first-order valence-corrected chi connectivity index (χ1v) is 11.0. The van der Waals surface area contributed by atoms with E-state index in [9.17, 15) is 4.79 Å². The summed E-state index contributed by atoms with van der Waals surface area (Å²) in [7, 11) is 0. The van der Waals surface area contributed by atoms with Crippen molar-refractivity contribution in [2.45, 2.75) is 13.5 Å². The van der Waals surface area contributed by atoms with E-state index in [0.29, 0.717) is 0 Å². The number of thiophene rings is 1. The predicted octanol–water partition coefficient (Wildman–Crippen LogP) is 4.79. The molecule has 0 radical (unpaired) electrons. The molecular weight excluding hydrogens is 398 g/mol. The fourth-order valence-corrected chi connectivity index (χ4v) is 5.08. The zero-order chi connectivity index (χ0) is 18.8. The molecule has 0 spiro atoms. The Kier molecular flexibility index (Phi) is 5.59. The van der Waals surface area contributed by atoms with Crippen LogP contribution >= 0.6 is 34.3 Å². The summed E-state index contributed by atoms with van der Waals surface area (Å²) < 4.78 is 0. The summed E-state index contributed by atoms with van der Waals surface area (Å²) in [6.45, 7) is 6.07. The Balaban J connectivity index is 1.38. The summed E-state index contributed by atoms with van der Waals surface area (Å²) >= 11 is 9.10. The van der Waals surface area contributed by atoms with Gasteiger partial charge in [-0.1, -0.05) is 23.7 Å². The molecule has 1 fully saturated rings. The van der Waals surface area contributed by atoms with Crippen molar-refractivity contribution in [3.05, 3.63) is 62.2 Å². The Bertz CT molecular complexity index is 913. The van der Waals surface area contributed by atoms with Crippen molar-refractivity contribution in [2.24, 2.45) is 0 Å². The van der Waals surface area contributed by atoms with Gasteiger partial charge in [0.1, 0.15) is 9.88 Å². The van der Waals surface area contributed by atoms with Crippen LogP contribution in [-0.4, -0.2) is 46.9 Å². The molecule has 1 aliphatic heterocycles. The van der Waals surface area contributed by atoms with Crippen LogP contribution in [0.1, 0.15) is 20.9 Å². The van der Waals surface area contributed by atoms with Gasteiger partial charge in [-0.15, -0.1) is 11.3 Å². The Hall–Kier alpha value is -1.73. The second-order valence-electron chi connectivity index (χ2n) is 6.64. The lowest BCUT2D eigenvalue weighted by Gasteiger charge is -2.34. The SMILES string of the molecule is Cc1nc(-c2ccsc2)sc1C(=O)N1CCN(Cc2ccc(Cl)cc2)CC1. The Labute approximate surface area is 172 Å². The first-order chi connectivity index (χ1) is 13.1. The van der Waals surface area contributed by atoms with E-state index < -0.39 is 0 Å². The maximum absolute atomic E-state index is 13.0. The van der Waals surface area contributed by atoms with Crippen molar-refractivity contribution in [1.82, 2.24) is 14.8 Å². The van der Waals surface area contributed by atoms with Crippen LogP contribution in [0.4, 0.5) is 0 Å². The van der Waals surface area contributed by atoms with Gasteiger partial charge < -0.3 is 4.90 Å². The Morgan fingerprint density at radius 3 is 2.56 bits per heavy atom. The van der Waals surface area contributed by atoms with E-state index in [1.807, 2.05) is 35.4 Å². The van der Waals surface area contributed by atoms with Crippen molar-refractivity contribution in [2.75, 3.05) is 26.2 Å². The summed E-state index contributed by atoms with van der Waals surface area (Å²) in [5.74, 6) is 0.109. The third-order valence-electron chi connectivity index (χ3n) is 4.74. The lowest BCUT2D eigenvalue weighted by Crippen LogP contribution is -2.48. The van der Waals surface area contributed by atoms with Gasteiger partial charge in [0.05, 0.1) is 5.69 Å². The average Bonchev–Trinajstić information content (AvgIpc) is 3.33. The van der Waals surface area contributed by atoms with Crippen molar-refractivity contribution < 1.29 is 4.79 Å². The van der Waals surface area contributed by atoms with Crippen molar-refractivity contribution in [1.29, 1.82) is 0 Å². The summed E-state index contributed by atoms with van der Waals surface area (Å²) in [6.07, 6.45) is 0. The van der Waals surface area contributed by atoms with Crippen LogP contribution in [0.5, 0.6) is 0 Å². The Morgan fingerprint density at radius 2 is 1.89 bits per heavy atom. The zero-order valence-corrected chi connectivity index (χ0v) is 17.4. The van der Waals surface area contributed by atoms with Crippen LogP contribution in [0.2, 0.25) is 5.02 Å². The lowest BCUT2D eigenvalue weighted by atomic mass is 10.2. The third kappa shape index (κ3) is 4.24. The molecule has 4 nitrogen and oxygen atoms in total. The first kappa shape index (κ1) is 18.6. The van der Waals surface area contributed by atoms with Crippen LogP contribution in [-0.2, 0) is 6.54 Å². The van der Waals surface area contributed by atoms with Crippen molar-refractivity contribution >= 4 is 40.2 Å². The molecule has 3 heterocycles.